The van der Waals surface area contributed by atoms with Gasteiger partial charge in [-0.3, -0.25) is 13.8 Å². The lowest BCUT2D eigenvalue weighted by Crippen LogP contribution is -2.39. The number of phosphoric ester groups is 1. The lowest BCUT2D eigenvalue weighted by molar-refractivity contribution is -0.870. The Morgan fingerprint density at radius 2 is 1.42 bits per heavy atom. The third-order valence-electron chi connectivity index (χ3n) is 5.14. The lowest BCUT2D eigenvalue weighted by Gasteiger charge is -2.26. The summed E-state index contributed by atoms with van der Waals surface area (Å²) in [5, 5.41) is 19.1. The number of hydrogen-bond acceptors (Lipinski definition) is 6. The van der Waals surface area contributed by atoms with Gasteiger partial charge in [0.1, 0.15) is 19.3 Å². The molecule has 2 unspecified atom stereocenters. The summed E-state index contributed by atoms with van der Waals surface area (Å²) in [6.45, 7) is 1.90. The van der Waals surface area contributed by atoms with Crippen LogP contribution in [0.1, 0.15) is 84.0 Å². The first-order valence-electron chi connectivity index (χ1n) is 11.8. The minimum absolute atomic E-state index is 0.0357. The van der Waals surface area contributed by atoms with Gasteiger partial charge in [0, 0.05) is 6.42 Å². The van der Waals surface area contributed by atoms with Crippen LogP contribution >= 0.6 is 7.82 Å². The molecule has 0 radical (unpaired) electrons. The molecule has 0 aliphatic heterocycles. The fourth-order valence-corrected chi connectivity index (χ4v) is 4.07. The molecule has 8 nitrogen and oxygen atoms in total. The molecule has 0 aromatic rings. The predicted octanol–water partition coefficient (Wildman–Crippen LogP) is 3.82. The molecule has 9 heteroatoms. The van der Waals surface area contributed by atoms with Crippen LogP contribution in [0.15, 0.2) is 0 Å². The zero-order valence-corrected chi connectivity index (χ0v) is 21.0. The van der Waals surface area contributed by atoms with E-state index in [0.717, 1.165) is 19.3 Å². The quantitative estimate of drug-likeness (QED) is 0.133. The summed E-state index contributed by atoms with van der Waals surface area (Å²) in [6.07, 6.45) is 9.59. The monoisotopic (exact) mass is 468 g/mol. The summed E-state index contributed by atoms with van der Waals surface area (Å²) >= 11 is 0. The molecular weight excluding hydrogens is 421 g/mol. The van der Waals surface area contributed by atoms with E-state index in [1.807, 2.05) is 21.1 Å². The molecule has 0 bridgehead atoms. The van der Waals surface area contributed by atoms with Crippen LogP contribution in [0.2, 0.25) is 0 Å². The standard InChI is InChI=1S/C22H46NO7P/c1-5-6-7-8-9-10-11-12-13-14-15-16-20(25)22(21(26)19-24)30-31(27,28)29-18-17-23(2,3)4/h21-22,24,26H,5-19H2,1-4H3/p+1/t21-,22?/m0/s1. The molecule has 186 valence electrons. The van der Waals surface area contributed by atoms with Crippen molar-refractivity contribution >= 4 is 13.6 Å². The van der Waals surface area contributed by atoms with E-state index in [-0.39, 0.29) is 13.0 Å². The van der Waals surface area contributed by atoms with Gasteiger partial charge in [0.2, 0.25) is 0 Å². The van der Waals surface area contributed by atoms with Crippen LogP contribution < -0.4 is 0 Å². The first-order valence-corrected chi connectivity index (χ1v) is 13.3. The number of hydrogen-bond donors (Lipinski definition) is 3. The van der Waals surface area contributed by atoms with Gasteiger partial charge in [-0.25, -0.2) is 4.57 Å². The van der Waals surface area contributed by atoms with Gasteiger partial charge in [-0.1, -0.05) is 71.1 Å². The van der Waals surface area contributed by atoms with Crippen LogP contribution in [0.4, 0.5) is 0 Å². The summed E-state index contributed by atoms with van der Waals surface area (Å²) in [7, 11) is 1.19. The van der Waals surface area contributed by atoms with Gasteiger partial charge in [-0.15, -0.1) is 0 Å². The number of carbonyl (C=O) groups excluding carboxylic acids is 1. The van der Waals surface area contributed by atoms with Gasteiger partial charge >= 0.3 is 7.82 Å². The molecule has 0 aromatic heterocycles. The molecule has 0 amide bonds. The molecule has 31 heavy (non-hydrogen) atoms. The third kappa shape index (κ3) is 17.8. The second-order valence-electron chi connectivity index (χ2n) is 9.34. The number of aliphatic hydroxyl groups is 2. The highest BCUT2D eigenvalue weighted by molar-refractivity contribution is 7.47. The smallest absolute Gasteiger partial charge is 0.394 e. The van der Waals surface area contributed by atoms with Crippen molar-refractivity contribution in [3.05, 3.63) is 0 Å². The van der Waals surface area contributed by atoms with Crippen molar-refractivity contribution in [3.63, 3.8) is 0 Å². The molecule has 3 atom stereocenters. The maximum atomic E-state index is 12.4. The highest BCUT2D eigenvalue weighted by Crippen LogP contribution is 2.45. The Morgan fingerprint density at radius 3 is 1.87 bits per heavy atom. The van der Waals surface area contributed by atoms with E-state index in [9.17, 15) is 24.5 Å². The molecule has 0 aliphatic rings. The predicted molar refractivity (Wildman–Crippen MR) is 123 cm³/mol. The fraction of sp³-hybridized carbons (Fsp3) is 0.955. The van der Waals surface area contributed by atoms with Crippen molar-refractivity contribution in [2.45, 2.75) is 96.2 Å². The van der Waals surface area contributed by atoms with Crippen LogP contribution in [0.3, 0.4) is 0 Å². The average molecular weight is 469 g/mol. The zero-order chi connectivity index (χ0) is 23.8. The minimum Gasteiger partial charge on any atom is -0.394 e. The Bertz CT molecular complexity index is 511. The summed E-state index contributed by atoms with van der Waals surface area (Å²) < 4.78 is 22.5. The molecule has 0 spiro atoms. The summed E-state index contributed by atoms with van der Waals surface area (Å²) in [5.74, 6) is -0.498. The largest absolute Gasteiger partial charge is 0.473 e. The number of aliphatic hydroxyl groups excluding tert-OH is 2. The molecule has 0 saturated carbocycles. The SMILES string of the molecule is CCCCCCCCCCCCCC(=O)C(OP(=O)(O)OCC[N+](C)(C)C)[C@@H](O)CO. The molecule has 0 aromatic carbocycles. The number of rotatable bonds is 21. The second kappa shape index (κ2) is 17.2. The Hall–Kier alpha value is -0.340. The van der Waals surface area contributed by atoms with Gasteiger partial charge < -0.3 is 19.6 Å². The summed E-state index contributed by atoms with van der Waals surface area (Å²) in [6, 6.07) is 0. The van der Waals surface area contributed by atoms with Gasteiger partial charge in [0.15, 0.2) is 11.9 Å². The first-order chi connectivity index (χ1) is 14.5. The van der Waals surface area contributed by atoms with E-state index in [1.54, 1.807) is 0 Å². The average Bonchev–Trinajstić information content (AvgIpc) is 2.68. The lowest BCUT2D eigenvalue weighted by atomic mass is 10.0. The van der Waals surface area contributed by atoms with E-state index in [1.165, 1.54) is 44.9 Å². The number of nitrogens with zero attached hydrogens (tertiary/aromatic N) is 1. The van der Waals surface area contributed by atoms with Crippen molar-refractivity contribution < 1.29 is 38.0 Å². The van der Waals surface area contributed by atoms with Crippen molar-refractivity contribution in [3.8, 4) is 0 Å². The van der Waals surface area contributed by atoms with E-state index < -0.39 is 32.4 Å². The van der Waals surface area contributed by atoms with Crippen LogP contribution in [-0.4, -0.2) is 78.5 Å². The topological polar surface area (TPSA) is 113 Å². The van der Waals surface area contributed by atoms with Gasteiger partial charge in [-0.2, -0.15) is 0 Å². The number of likely N-dealkylation sites (N-methyl/N-ethyl adjacent to an activating group) is 1. The maximum Gasteiger partial charge on any atom is 0.473 e. The van der Waals surface area contributed by atoms with Crippen molar-refractivity contribution in [1.82, 2.24) is 0 Å². The number of quaternary nitrogens is 1. The molecule has 0 saturated heterocycles. The van der Waals surface area contributed by atoms with E-state index in [0.29, 0.717) is 17.4 Å². The van der Waals surface area contributed by atoms with Crippen molar-refractivity contribution in [1.29, 1.82) is 0 Å². The van der Waals surface area contributed by atoms with E-state index in [2.05, 4.69) is 6.92 Å². The van der Waals surface area contributed by atoms with Crippen LogP contribution in [0, 0.1) is 0 Å². The molecule has 0 rings (SSSR count). The van der Waals surface area contributed by atoms with E-state index >= 15 is 0 Å². The Labute approximate surface area is 189 Å². The van der Waals surface area contributed by atoms with Crippen LogP contribution in [0.5, 0.6) is 0 Å². The van der Waals surface area contributed by atoms with Gasteiger partial charge in [0.25, 0.3) is 0 Å². The Morgan fingerprint density at radius 1 is 0.935 bits per heavy atom. The number of unbranched alkanes of at least 4 members (excludes halogenated alkanes) is 10. The molecule has 0 heterocycles. The van der Waals surface area contributed by atoms with Crippen molar-refractivity contribution in [2.24, 2.45) is 0 Å². The highest BCUT2D eigenvalue weighted by Gasteiger charge is 2.35. The Kier molecular flexibility index (Phi) is 17.0. The zero-order valence-electron chi connectivity index (χ0n) is 20.1. The van der Waals surface area contributed by atoms with Gasteiger partial charge in [-0.05, 0) is 6.42 Å². The second-order valence-corrected chi connectivity index (χ2v) is 10.7. The third-order valence-corrected chi connectivity index (χ3v) is 6.15. The molecule has 3 N–H and O–H groups in total. The normalized spacial score (nSPS) is 16.1. The number of phosphoric acid groups is 1. The van der Waals surface area contributed by atoms with Crippen LogP contribution in [0.25, 0.3) is 0 Å². The van der Waals surface area contributed by atoms with Gasteiger partial charge in [0.05, 0.1) is 27.7 Å². The van der Waals surface area contributed by atoms with Crippen molar-refractivity contribution in [2.75, 3.05) is 40.9 Å². The molecule has 0 fully saturated rings. The maximum absolute atomic E-state index is 12.4. The molecule has 0 aliphatic carbocycles. The Balaban J connectivity index is 4.21. The van der Waals surface area contributed by atoms with E-state index in [4.69, 9.17) is 9.05 Å². The fourth-order valence-electron chi connectivity index (χ4n) is 3.15. The number of carbonyl (C=O) groups is 1. The van der Waals surface area contributed by atoms with Crippen LogP contribution in [-0.2, 0) is 18.4 Å². The molecular formula is C22H47NO7P+. The minimum atomic E-state index is -4.53. The number of ketones is 1. The summed E-state index contributed by atoms with van der Waals surface area (Å²) in [4.78, 5) is 22.3. The first kappa shape index (κ1) is 30.7. The highest BCUT2D eigenvalue weighted by atomic mass is 31.2. The summed E-state index contributed by atoms with van der Waals surface area (Å²) in [5.41, 5.74) is 0. The number of Topliss-reactive ketones (excluding diaryl/α,β-unsaturated/α-hetero) is 1.